The van der Waals surface area contributed by atoms with Gasteiger partial charge in [-0.05, 0) is 32.6 Å². The van der Waals surface area contributed by atoms with E-state index in [4.69, 9.17) is 4.74 Å². The number of carboxylic acids is 1. The number of nitrogens with zero attached hydrogens (tertiary/aromatic N) is 1. The van der Waals surface area contributed by atoms with E-state index in [9.17, 15) is 14.7 Å². The molecule has 7 heteroatoms. The molecule has 0 spiro atoms. The molecule has 2 aliphatic rings. The molecule has 1 saturated heterocycles. The number of amides is 1. The molecule has 2 fully saturated rings. The Morgan fingerprint density at radius 1 is 1.22 bits per heavy atom. The molecule has 1 aliphatic heterocycles. The van der Waals surface area contributed by atoms with Crippen LogP contribution in [0.4, 0.5) is 0 Å². The van der Waals surface area contributed by atoms with Crippen molar-refractivity contribution in [3.8, 4) is 0 Å². The molecule has 1 N–H and O–H groups in total. The van der Waals surface area contributed by atoms with Gasteiger partial charge in [0.25, 0.3) is 0 Å². The van der Waals surface area contributed by atoms with Gasteiger partial charge in [-0.2, -0.15) is 0 Å². The van der Waals surface area contributed by atoms with Crippen LogP contribution in [0.25, 0.3) is 0 Å². The third-order valence-electron chi connectivity index (χ3n) is 4.41. The fourth-order valence-electron chi connectivity index (χ4n) is 3.09. The van der Waals surface area contributed by atoms with Crippen molar-refractivity contribution in [2.24, 2.45) is 5.41 Å². The summed E-state index contributed by atoms with van der Waals surface area (Å²) in [4.78, 5) is 25.6. The summed E-state index contributed by atoms with van der Waals surface area (Å²) in [5.41, 5.74) is -0.136. The van der Waals surface area contributed by atoms with Gasteiger partial charge < -0.3 is 20.0 Å². The van der Waals surface area contributed by atoms with E-state index in [1.165, 1.54) is 0 Å². The van der Waals surface area contributed by atoms with Crippen LogP contribution in [0.1, 0.15) is 46.5 Å². The second-order valence-corrected chi connectivity index (χ2v) is 7.13. The van der Waals surface area contributed by atoms with Crippen LogP contribution in [0.2, 0.25) is 0 Å². The van der Waals surface area contributed by atoms with Crippen molar-refractivity contribution in [3.63, 3.8) is 0 Å². The molecule has 2 unspecified atom stereocenters. The zero-order valence-corrected chi connectivity index (χ0v) is 16.8. The number of ether oxygens (including phenoxy) is 1. The first-order valence-electron chi connectivity index (χ1n) is 8.19. The van der Waals surface area contributed by atoms with E-state index >= 15 is 0 Å². The SMILES string of the molecule is CCOCC(C)(C)CNC(=O)C1CCC(C(=O)[O-])N1C1CC1.[Na+]. The number of aliphatic carboxylic acids is 1. The average Bonchev–Trinajstić information content (AvgIpc) is 3.20. The Labute approximate surface area is 160 Å². The quantitative estimate of drug-likeness (QED) is 0.476. The standard InChI is InChI=1S/C16H28N2O4.Na/c1-4-22-10-16(2,3)9-17-14(19)12-7-8-13(15(20)21)18(12)11-5-6-11;/h11-13H,4-10H2,1-3H3,(H,17,19)(H,20,21);/q;+1/p-1. The first-order valence-corrected chi connectivity index (χ1v) is 8.19. The third-order valence-corrected chi connectivity index (χ3v) is 4.41. The van der Waals surface area contributed by atoms with Gasteiger partial charge >= 0.3 is 29.6 Å². The molecule has 0 bridgehead atoms. The van der Waals surface area contributed by atoms with E-state index < -0.39 is 12.0 Å². The Morgan fingerprint density at radius 2 is 1.83 bits per heavy atom. The molecule has 1 amide bonds. The third kappa shape index (κ3) is 5.71. The summed E-state index contributed by atoms with van der Waals surface area (Å²) >= 11 is 0. The van der Waals surface area contributed by atoms with E-state index in [1.54, 1.807) is 0 Å². The van der Waals surface area contributed by atoms with E-state index in [0.717, 1.165) is 12.8 Å². The number of hydrogen-bond donors (Lipinski definition) is 1. The molecule has 23 heavy (non-hydrogen) atoms. The van der Waals surface area contributed by atoms with Gasteiger partial charge in [0.1, 0.15) is 0 Å². The maximum absolute atomic E-state index is 12.5. The molecule has 0 aromatic heterocycles. The first kappa shape index (κ1) is 20.9. The van der Waals surface area contributed by atoms with Crippen molar-refractivity contribution in [1.29, 1.82) is 0 Å². The molecule has 6 nitrogen and oxygen atoms in total. The van der Waals surface area contributed by atoms with Gasteiger partial charge in [-0.3, -0.25) is 9.69 Å². The Balaban J connectivity index is 0.00000264. The van der Waals surface area contributed by atoms with Crippen LogP contribution >= 0.6 is 0 Å². The van der Waals surface area contributed by atoms with Gasteiger partial charge in [-0.1, -0.05) is 13.8 Å². The number of hydrogen-bond acceptors (Lipinski definition) is 5. The van der Waals surface area contributed by atoms with Crippen molar-refractivity contribution in [2.75, 3.05) is 19.8 Å². The van der Waals surface area contributed by atoms with Crippen LogP contribution in [0.3, 0.4) is 0 Å². The van der Waals surface area contributed by atoms with Crippen LogP contribution < -0.4 is 40.0 Å². The van der Waals surface area contributed by atoms with E-state index in [0.29, 0.717) is 32.6 Å². The molecule has 0 aromatic carbocycles. The topological polar surface area (TPSA) is 81.7 Å². The first-order chi connectivity index (χ1) is 10.4. The average molecular weight is 334 g/mol. The maximum Gasteiger partial charge on any atom is 1.00 e. The molecule has 0 aromatic rings. The number of carbonyl (C=O) groups excluding carboxylic acids is 2. The van der Waals surface area contributed by atoms with Crippen LogP contribution in [-0.4, -0.2) is 54.7 Å². The van der Waals surface area contributed by atoms with E-state index in [-0.39, 0.29) is 53.0 Å². The monoisotopic (exact) mass is 334 g/mol. The largest absolute Gasteiger partial charge is 1.00 e. The Hall–Kier alpha value is -0.140. The number of nitrogens with one attached hydrogen (secondary N) is 1. The molecule has 1 heterocycles. The number of carbonyl (C=O) groups is 2. The molecular formula is C16H27N2NaO4. The molecular weight excluding hydrogens is 307 g/mol. The molecule has 126 valence electrons. The maximum atomic E-state index is 12.5. The Kier molecular flexibility index (Phi) is 8.01. The van der Waals surface area contributed by atoms with E-state index in [2.05, 4.69) is 5.32 Å². The van der Waals surface area contributed by atoms with Gasteiger partial charge in [-0.25, -0.2) is 0 Å². The predicted octanol–water partition coefficient (Wildman–Crippen LogP) is -3.09. The van der Waals surface area contributed by atoms with Gasteiger partial charge in [0.05, 0.1) is 24.7 Å². The molecule has 1 saturated carbocycles. The minimum atomic E-state index is -1.06. The van der Waals surface area contributed by atoms with Crippen molar-refractivity contribution in [1.82, 2.24) is 10.2 Å². The summed E-state index contributed by atoms with van der Waals surface area (Å²) in [6.45, 7) is 7.79. The van der Waals surface area contributed by atoms with Crippen LogP contribution in [0.5, 0.6) is 0 Å². The minimum Gasteiger partial charge on any atom is -0.548 e. The van der Waals surface area contributed by atoms with Crippen LogP contribution in [0.15, 0.2) is 0 Å². The zero-order chi connectivity index (χ0) is 16.3. The summed E-state index contributed by atoms with van der Waals surface area (Å²) in [7, 11) is 0. The van der Waals surface area contributed by atoms with Crippen molar-refractivity contribution in [2.45, 2.75) is 64.6 Å². The second-order valence-electron chi connectivity index (χ2n) is 7.13. The molecule has 0 radical (unpaired) electrons. The number of likely N-dealkylation sites (tertiary alicyclic amines) is 1. The van der Waals surface area contributed by atoms with Crippen molar-refractivity contribution >= 4 is 11.9 Å². The number of rotatable bonds is 8. The van der Waals surface area contributed by atoms with Gasteiger partial charge in [0.2, 0.25) is 5.91 Å². The Morgan fingerprint density at radius 3 is 2.35 bits per heavy atom. The van der Waals surface area contributed by atoms with Gasteiger partial charge in [0, 0.05) is 24.6 Å². The minimum absolute atomic E-state index is 0. The molecule has 2 atom stereocenters. The summed E-state index contributed by atoms with van der Waals surface area (Å²) < 4.78 is 5.43. The summed E-state index contributed by atoms with van der Waals surface area (Å²) in [5.74, 6) is -1.13. The van der Waals surface area contributed by atoms with Gasteiger partial charge in [0.15, 0.2) is 0 Å². The van der Waals surface area contributed by atoms with Crippen LogP contribution in [0, 0.1) is 5.41 Å². The predicted molar refractivity (Wildman–Crippen MR) is 80.0 cm³/mol. The van der Waals surface area contributed by atoms with Crippen molar-refractivity contribution in [3.05, 3.63) is 0 Å². The molecule has 1 aliphatic carbocycles. The number of carboxylic acid groups (broad SMARTS) is 1. The fraction of sp³-hybridized carbons (Fsp3) is 0.875. The fourth-order valence-corrected chi connectivity index (χ4v) is 3.09. The Bertz CT molecular complexity index is 426. The second kappa shape index (κ2) is 8.81. The van der Waals surface area contributed by atoms with E-state index in [1.807, 2.05) is 25.7 Å². The molecule has 2 rings (SSSR count). The van der Waals surface area contributed by atoms with Crippen molar-refractivity contribution < 1.29 is 49.0 Å². The smallest absolute Gasteiger partial charge is 0.548 e. The zero-order valence-electron chi connectivity index (χ0n) is 14.8. The summed E-state index contributed by atoms with van der Waals surface area (Å²) in [6, 6.07) is -0.712. The summed E-state index contributed by atoms with van der Waals surface area (Å²) in [5, 5.41) is 14.2. The van der Waals surface area contributed by atoms with Gasteiger partial charge in [-0.15, -0.1) is 0 Å². The normalized spacial score (nSPS) is 25.0. The van der Waals surface area contributed by atoms with Crippen LogP contribution in [-0.2, 0) is 14.3 Å². The summed E-state index contributed by atoms with van der Waals surface area (Å²) in [6.07, 6.45) is 3.04.